The molecule has 3 nitrogen and oxygen atoms in total. The summed E-state index contributed by atoms with van der Waals surface area (Å²) < 4.78 is 17.4. The van der Waals surface area contributed by atoms with E-state index < -0.39 is 16.6 Å². The summed E-state index contributed by atoms with van der Waals surface area (Å²) in [5.74, 6) is 1.97. The van der Waals surface area contributed by atoms with E-state index in [9.17, 15) is 0 Å². The van der Waals surface area contributed by atoms with Crippen LogP contribution in [0.3, 0.4) is 0 Å². The minimum Gasteiger partial charge on any atom is -1.00 e. The van der Waals surface area contributed by atoms with Crippen LogP contribution in [0.25, 0.3) is 0 Å². The Hall–Kier alpha value is 0.796. The molecule has 0 aromatic heterocycles. The van der Waals surface area contributed by atoms with Gasteiger partial charge in [0.2, 0.25) is 16.6 Å². The van der Waals surface area contributed by atoms with Crippen molar-refractivity contribution in [2.75, 3.05) is 13.2 Å². The van der Waals surface area contributed by atoms with Gasteiger partial charge in [-0.1, -0.05) is 87.8 Å². The zero-order valence-corrected chi connectivity index (χ0v) is 34.3. The van der Waals surface area contributed by atoms with Crippen LogP contribution in [0.15, 0.2) is 48.5 Å². The van der Waals surface area contributed by atoms with Crippen LogP contribution in [0.2, 0.25) is 36.3 Å². The molecule has 216 valence electrons. The molecule has 0 bridgehead atoms. The van der Waals surface area contributed by atoms with Crippen molar-refractivity contribution in [2.24, 2.45) is 0 Å². The number of hydrogen-bond donors (Lipinski definition) is 0. The van der Waals surface area contributed by atoms with E-state index in [1.54, 1.807) is 0 Å². The molecule has 0 atom stereocenters. The van der Waals surface area contributed by atoms with Gasteiger partial charge in [0.25, 0.3) is 0 Å². The molecule has 1 aliphatic rings. The summed E-state index contributed by atoms with van der Waals surface area (Å²) in [6, 6.07) is 16.2. The third-order valence-corrected chi connectivity index (χ3v) is 16.5. The first kappa shape index (κ1) is 44.2. The first-order chi connectivity index (χ1) is 16.5. The topological polar surface area (TPSA) is 27.7 Å². The minimum absolute atomic E-state index is 0. The number of alkyl halides is 1. The SMILES string of the molecule is C1CCOC1.CC(C)(C)[Si](C)(C)Oc1ccccc1CBr.[Br-].[CH2-]c1ccccc1O[Si](C)(C)C(C)(C)C.[H-].[H-].[Mg+2].[Mg+2]. The molecular weight excluding hydrogens is 673 g/mol. The number of benzene rings is 2. The van der Waals surface area contributed by atoms with Crippen molar-refractivity contribution >= 4 is 78.7 Å². The summed E-state index contributed by atoms with van der Waals surface area (Å²) in [5.41, 5.74) is 2.20. The summed E-state index contributed by atoms with van der Waals surface area (Å²) in [5, 5.41) is 1.32. The molecule has 0 spiro atoms. The molecule has 9 heteroatoms. The van der Waals surface area contributed by atoms with E-state index in [1.807, 2.05) is 30.3 Å². The van der Waals surface area contributed by atoms with Gasteiger partial charge in [-0.3, -0.25) is 0 Å². The molecule has 1 heterocycles. The Balaban J connectivity index is -0.000000163. The molecule has 2 aromatic carbocycles. The first-order valence-electron chi connectivity index (χ1n) is 13.0. The number of ether oxygens (including phenoxy) is 1. The number of halogens is 2. The zero-order valence-electron chi connectivity index (χ0n) is 28.3. The quantitative estimate of drug-likeness (QED) is 0.201. The number of hydrogen-bond acceptors (Lipinski definition) is 3. The van der Waals surface area contributed by atoms with E-state index in [2.05, 4.69) is 109 Å². The van der Waals surface area contributed by atoms with Crippen LogP contribution in [-0.2, 0) is 10.1 Å². The molecular formula is C30H52Br2Mg2O3Si2. The van der Waals surface area contributed by atoms with Gasteiger partial charge in [-0.15, -0.1) is 6.07 Å². The van der Waals surface area contributed by atoms with Crippen LogP contribution in [-0.4, -0.2) is 76.0 Å². The van der Waals surface area contributed by atoms with Crippen LogP contribution >= 0.6 is 15.9 Å². The molecule has 0 saturated carbocycles. The molecule has 39 heavy (non-hydrogen) atoms. The molecule has 0 unspecified atom stereocenters. The average Bonchev–Trinajstić information content (AvgIpc) is 3.35. The van der Waals surface area contributed by atoms with Crippen molar-refractivity contribution in [1.29, 1.82) is 0 Å². The van der Waals surface area contributed by atoms with Crippen molar-refractivity contribution in [1.82, 2.24) is 0 Å². The Bertz CT molecular complexity index is 931. The maximum atomic E-state index is 6.30. The van der Waals surface area contributed by atoms with Crippen molar-refractivity contribution in [3.63, 3.8) is 0 Å². The summed E-state index contributed by atoms with van der Waals surface area (Å²) in [7, 11) is -3.43. The van der Waals surface area contributed by atoms with Crippen molar-refractivity contribution in [3.8, 4) is 11.5 Å². The summed E-state index contributed by atoms with van der Waals surface area (Å²) >= 11 is 3.50. The van der Waals surface area contributed by atoms with Gasteiger partial charge in [0.05, 0.1) is 0 Å². The van der Waals surface area contributed by atoms with Gasteiger partial charge in [-0.2, -0.15) is 18.6 Å². The number of para-hydroxylation sites is 2. The molecule has 0 amide bonds. The minimum atomic E-state index is -1.72. The molecule has 1 aliphatic heterocycles. The second-order valence-electron chi connectivity index (χ2n) is 12.4. The Morgan fingerprint density at radius 2 is 1.15 bits per heavy atom. The Morgan fingerprint density at radius 3 is 1.51 bits per heavy atom. The van der Waals surface area contributed by atoms with E-state index >= 15 is 0 Å². The Labute approximate surface area is 296 Å². The molecule has 0 radical (unpaired) electrons. The third kappa shape index (κ3) is 15.7. The van der Waals surface area contributed by atoms with Crippen molar-refractivity contribution in [2.45, 2.75) is 96.0 Å². The Morgan fingerprint density at radius 1 is 0.769 bits per heavy atom. The van der Waals surface area contributed by atoms with Crippen LogP contribution in [0.5, 0.6) is 11.5 Å². The fraction of sp³-hybridized carbons (Fsp3) is 0.567. The molecule has 0 N–H and O–H groups in total. The zero-order chi connectivity index (χ0) is 27.6. The van der Waals surface area contributed by atoms with Gasteiger partial charge < -0.3 is 33.4 Å². The predicted molar refractivity (Wildman–Crippen MR) is 179 cm³/mol. The maximum absolute atomic E-state index is 6.30. The van der Waals surface area contributed by atoms with E-state index in [-0.39, 0.29) is 76.0 Å². The fourth-order valence-corrected chi connectivity index (χ4v) is 5.26. The van der Waals surface area contributed by atoms with Crippen LogP contribution in [0, 0.1) is 6.92 Å². The van der Waals surface area contributed by atoms with E-state index in [0.717, 1.165) is 35.6 Å². The second kappa shape index (κ2) is 19.9. The van der Waals surface area contributed by atoms with Gasteiger partial charge in [-0.05, 0) is 60.9 Å². The van der Waals surface area contributed by atoms with Gasteiger partial charge in [0, 0.05) is 24.1 Å². The molecule has 1 fully saturated rings. The van der Waals surface area contributed by atoms with Crippen LogP contribution in [0.4, 0.5) is 0 Å². The van der Waals surface area contributed by atoms with Crippen molar-refractivity contribution < 1.29 is 33.4 Å². The summed E-state index contributed by atoms with van der Waals surface area (Å²) in [6.45, 7) is 28.5. The van der Waals surface area contributed by atoms with Crippen LogP contribution in [0.1, 0.15) is 68.4 Å². The van der Waals surface area contributed by atoms with Crippen LogP contribution < -0.4 is 25.8 Å². The molecule has 2 aromatic rings. The Kier molecular flexibility index (Phi) is 22.6. The normalized spacial score (nSPS) is 13.1. The predicted octanol–water partition coefficient (Wildman–Crippen LogP) is 6.48. The van der Waals surface area contributed by atoms with Gasteiger partial charge in [0.1, 0.15) is 5.75 Å². The third-order valence-electron chi connectivity index (χ3n) is 7.26. The van der Waals surface area contributed by atoms with Gasteiger partial charge >= 0.3 is 46.1 Å². The fourth-order valence-electron chi connectivity index (χ4n) is 2.68. The van der Waals surface area contributed by atoms with Gasteiger partial charge in [0.15, 0.2) is 0 Å². The standard InChI is InChI=1S/C13H21BrOSi.C13H21OSi.C4H8O.BrH.2Mg.2H/c1-13(2,3)16(4,5)15-12-9-7-6-8-11(12)10-14;1-11-9-7-8-10-12(11)14-15(5,6)13(2,3)4;1-2-4-5-3-1;;;;;/h6-9H,10H2,1-5H3;7-10H,1H2,2-6H3;1-4H2;1H;;;;/q;-1;;;2*+2;2*-1/p-1. The molecule has 1 saturated heterocycles. The van der Waals surface area contributed by atoms with E-state index in [0.29, 0.717) is 0 Å². The maximum Gasteiger partial charge on any atom is 2.00 e. The van der Waals surface area contributed by atoms with E-state index in [4.69, 9.17) is 13.6 Å². The monoisotopic (exact) mass is 722 g/mol. The molecule has 3 rings (SSSR count). The largest absolute Gasteiger partial charge is 2.00 e. The average molecular weight is 725 g/mol. The van der Waals surface area contributed by atoms with Crippen molar-refractivity contribution in [3.05, 3.63) is 66.6 Å². The van der Waals surface area contributed by atoms with Gasteiger partial charge in [-0.25, -0.2) is 0 Å². The number of rotatable bonds is 5. The molecule has 0 aliphatic carbocycles. The second-order valence-corrected chi connectivity index (χ2v) is 22.4. The van der Waals surface area contributed by atoms with E-state index in [1.165, 1.54) is 18.4 Å². The smallest absolute Gasteiger partial charge is 1.00 e. The first-order valence-corrected chi connectivity index (χ1v) is 20.0. The summed E-state index contributed by atoms with van der Waals surface area (Å²) in [4.78, 5) is 0. The summed E-state index contributed by atoms with van der Waals surface area (Å²) in [6.07, 6.45) is 2.56.